The van der Waals surface area contributed by atoms with Crippen LogP contribution in [0.2, 0.25) is 0 Å². The molecule has 0 radical (unpaired) electrons. The summed E-state index contributed by atoms with van der Waals surface area (Å²) < 4.78 is 37.2. The van der Waals surface area contributed by atoms with Crippen LogP contribution in [-0.4, -0.2) is 16.0 Å². The molecule has 0 aliphatic rings. The second kappa shape index (κ2) is 6.12. The summed E-state index contributed by atoms with van der Waals surface area (Å²) in [7, 11) is 0. The van der Waals surface area contributed by atoms with Crippen molar-refractivity contribution in [2.24, 2.45) is 0 Å². The Bertz CT molecular complexity index is 666. The molecule has 6 heteroatoms. The van der Waals surface area contributed by atoms with Crippen LogP contribution in [0.1, 0.15) is 19.4 Å². The third-order valence-electron chi connectivity index (χ3n) is 2.96. The molecule has 0 atom stereocenters. The number of thioether (sulfide) groups is 1. The molecule has 2 aromatic rings. The van der Waals surface area contributed by atoms with Crippen LogP contribution in [0.4, 0.5) is 13.2 Å². The lowest BCUT2D eigenvalue weighted by atomic mass is 10.1. The number of hydrogen-bond acceptors (Lipinski definition) is 3. The Hall–Kier alpha value is -1.82. The molecule has 2 nitrogen and oxygen atoms in total. The molecule has 0 spiro atoms. The topological polar surface area (TPSA) is 30.0 Å². The standard InChI is InChI=1S/C16H14F3NOS/c1-15(2,10-21)22-14-7-8-20-9-13(14)11-3-5-12(6-4-11)16(17,18)19/h3-10H,1-2H3. The highest BCUT2D eigenvalue weighted by Crippen LogP contribution is 2.38. The van der Waals surface area contributed by atoms with Crippen LogP contribution in [0.5, 0.6) is 0 Å². The predicted molar refractivity (Wildman–Crippen MR) is 80.7 cm³/mol. The van der Waals surface area contributed by atoms with Gasteiger partial charge >= 0.3 is 6.18 Å². The van der Waals surface area contributed by atoms with Crippen molar-refractivity contribution in [1.82, 2.24) is 4.98 Å². The highest BCUT2D eigenvalue weighted by molar-refractivity contribution is 8.01. The molecule has 1 aromatic heterocycles. The maximum atomic E-state index is 12.6. The minimum atomic E-state index is -4.36. The van der Waals surface area contributed by atoms with Crippen molar-refractivity contribution in [3.8, 4) is 11.1 Å². The number of pyridine rings is 1. The van der Waals surface area contributed by atoms with Crippen LogP contribution in [-0.2, 0) is 11.0 Å². The van der Waals surface area contributed by atoms with Gasteiger partial charge in [-0.2, -0.15) is 13.2 Å². The number of halogens is 3. The number of carbonyl (C=O) groups is 1. The molecule has 0 saturated carbocycles. The van der Waals surface area contributed by atoms with E-state index in [-0.39, 0.29) is 0 Å². The van der Waals surface area contributed by atoms with Crippen molar-refractivity contribution in [3.05, 3.63) is 48.3 Å². The van der Waals surface area contributed by atoms with E-state index in [0.29, 0.717) is 11.1 Å². The Morgan fingerprint density at radius 3 is 2.27 bits per heavy atom. The Balaban J connectivity index is 2.39. The van der Waals surface area contributed by atoms with Gasteiger partial charge in [-0.15, -0.1) is 11.8 Å². The van der Waals surface area contributed by atoms with E-state index in [1.807, 2.05) is 0 Å². The third-order valence-corrected chi connectivity index (χ3v) is 4.16. The molecule has 0 aliphatic carbocycles. The molecule has 1 heterocycles. The maximum absolute atomic E-state index is 12.6. The molecular weight excluding hydrogens is 311 g/mol. The van der Waals surface area contributed by atoms with E-state index in [0.717, 1.165) is 23.3 Å². The van der Waals surface area contributed by atoms with Gasteiger partial charge < -0.3 is 4.79 Å². The lowest BCUT2D eigenvalue weighted by molar-refractivity contribution is -0.137. The molecule has 22 heavy (non-hydrogen) atoms. The van der Waals surface area contributed by atoms with Crippen molar-refractivity contribution >= 4 is 18.0 Å². The van der Waals surface area contributed by atoms with Gasteiger partial charge in [0.05, 0.1) is 10.3 Å². The van der Waals surface area contributed by atoms with Gasteiger partial charge in [-0.05, 0) is 37.6 Å². The van der Waals surface area contributed by atoms with Gasteiger partial charge in [0.2, 0.25) is 0 Å². The molecule has 1 aromatic carbocycles. The first-order valence-electron chi connectivity index (χ1n) is 6.50. The van der Waals surface area contributed by atoms with Crippen molar-refractivity contribution in [2.75, 3.05) is 0 Å². The summed E-state index contributed by atoms with van der Waals surface area (Å²) in [6.07, 6.45) is -0.332. The van der Waals surface area contributed by atoms with Crippen LogP contribution in [0.15, 0.2) is 47.6 Å². The van der Waals surface area contributed by atoms with Gasteiger partial charge in [-0.1, -0.05) is 12.1 Å². The van der Waals surface area contributed by atoms with E-state index < -0.39 is 16.5 Å². The van der Waals surface area contributed by atoms with Gasteiger partial charge in [0.25, 0.3) is 0 Å². The van der Waals surface area contributed by atoms with Gasteiger partial charge in [0.1, 0.15) is 6.29 Å². The predicted octanol–water partition coefficient (Wildman–Crippen LogP) is 4.84. The quantitative estimate of drug-likeness (QED) is 0.595. The molecule has 0 bridgehead atoms. The second-order valence-corrected chi connectivity index (χ2v) is 6.97. The van der Waals surface area contributed by atoms with Crippen LogP contribution in [0.3, 0.4) is 0 Å². The molecule has 2 rings (SSSR count). The molecule has 0 saturated heterocycles. The number of alkyl halides is 3. The maximum Gasteiger partial charge on any atom is 0.416 e. The van der Waals surface area contributed by atoms with Crippen LogP contribution in [0.25, 0.3) is 11.1 Å². The minimum absolute atomic E-state index is 0.623. The Labute approximate surface area is 130 Å². The summed E-state index contributed by atoms with van der Waals surface area (Å²) in [5.74, 6) is 0. The molecule has 0 aliphatic heterocycles. The van der Waals surface area contributed by atoms with E-state index in [1.165, 1.54) is 23.9 Å². The number of hydrogen-bond donors (Lipinski definition) is 0. The molecule has 0 amide bonds. The van der Waals surface area contributed by atoms with Crippen LogP contribution < -0.4 is 0 Å². The van der Waals surface area contributed by atoms with E-state index in [1.54, 1.807) is 32.3 Å². The zero-order valence-electron chi connectivity index (χ0n) is 12.0. The fraction of sp³-hybridized carbons (Fsp3) is 0.250. The first kappa shape index (κ1) is 16.5. The molecule has 0 fully saturated rings. The van der Waals surface area contributed by atoms with Crippen LogP contribution >= 0.6 is 11.8 Å². The smallest absolute Gasteiger partial charge is 0.302 e. The summed E-state index contributed by atoms with van der Waals surface area (Å²) in [5.41, 5.74) is 0.643. The van der Waals surface area contributed by atoms with Gasteiger partial charge in [-0.25, -0.2) is 0 Å². The lowest BCUT2D eigenvalue weighted by Crippen LogP contribution is -2.15. The second-order valence-electron chi connectivity index (χ2n) is 5.27. The van der Waals surface area contributed by atoms with Crippen molar-refractivity contribution < 1.29 is 18.0 Å². The average Bonchev–Trinajstić information content (AvgIpc) is 2.47. The van der Waals surface area contributed by atoms with E-state index in [9.17, 15) is 18.0 Å². The summed E-state index contributed by atoms with van der Waals surface area (Å²) in [5, 5.41) is 0. The SMILES string of the molecule is CC(C)(C=O)Sc1ccncc1-c1ccc(C(F)(F)F)cc1. The molecule has 0 N–H and O–H groups in total. The van der Waals surface area contributed by atoms with Gasteiger partial charge in [0, 0.05) is 22.9 Å². The first-order chi connectivity index (χ1) is 10.2. The fourth-order valence-electron chi connectivity index (χ4n) is 1.83. The van der Waals surface area contributed by atoms with Crippen molar-refractivity contribution in [3.63, 3.8) is 0 Å². The lowest BCUT2D eigenvalue weighted by Gasteiger charge is -2.18. The first-order valence-corrected chi connectivity index (χ1v) is 7.31. The average molecular weight is 325 g/mol. The Kier molecular flexibility index (Phi) is 4.60. The summed E-state index contributed by atoms with van der Waals surface area (Å²) in [4.78, 5) is 15.9. The summed E-state index contributed by atoms with van der Waals surface area (Å²) in [6, 6.07) is 6.67. The van der Waals surface area contributed by atoms with Crippen molar-refractivity contribution in [1.29, 1.82) is 0 Å². The molecule has 0 unspecified atom stereocenters. The van der Waals surface area contributed by atoms with Crippen molar-refractivity contribution in [2.45, 2.75) is 29.7 Å². The summed E-state index contributed by atoms with van der Waals surface area (Å²) >= 11 is 1.35. The third kappa shape index (κ3) is 3.88. The zero-order chi connectivity index (χ0) is 16.4. The Morgan fingerprint density at radius 2 is 1.73 bits per heavy atom. The van der Waals surface area contributed by atoms with Crippen LogP contribution in [0, 0.1) is 0 Å². The molecular formula is C16H14F3NOS. The summed E-state index contributed by atoms with van der Waals surface area (Å²) in [6.45, 7) is 3.56. The van der Waals surface area contributed by atoms with Gasteiger partial charge in [-0.3, -0.25) is 4.98 Å². The van der Waals surface area contributed by atoms with E-state index in [4.69, 9.17) is 0 Å². The number of nitrogens with zero attached hydrogens (tertiary/aromatic N) is 1. The number of carbonyl (C=O) groups excluding carboxylic acids is 1. The number of aldehydes is 1. The Morgan fingerprint density at radius 1 is 1.09 bits per heavy atom. The van der Waals surface area contributed by atoms with E-state index in [2.05, 4.69) is 4.98 Å². The number of rotatable bonds is 4. The monoisotopic (exact) mass is 325 g/mol. The number of aromatic nitrogens is 1. The number of benzene rings is 1. The molecule has 116 valence electrons. The zero-order valence-corrected chi connectivity index (χ0v) is 12.8. The van der Waals surface area contributed by atoms with E-state index >= 15 is 0 Å². The van der Waals surface area contributed by atoms with Gasteiger partial charge in [0.15, 0.2) is 0 Å². The highest BCUT2D eigenvalue weighted by atomic mass is 32.2. The highest BCUT2D eigenvalue weighted by Gasteiger charge is 2.30. The minimum Gasteiger partial charge on any atom is -0.302 e. The fourth-order valence-corrected chi connectivity index (χ4v) is 2.86. The normalized spacial score (nSPS) is 12.2. The largest absolute Gasteiger partial charge is 0.416 e.